The molecule has 0 bridgehead atoms. The Hall–Kier alpha value is -1.97. The van der Waals surface area contributed by atoms with E-state index in [1.54, 1.807) is 0 Å². The van der Waals surface area contributed by atoms with Gasteiger partial charge in [0.1, 0.15) is 19.3 Å². The van der Waals surface area contributed by atoms with Crippen LogP contribution in [0.3, 0.4) is 0 Å². The van der Waals surface area contributed by atoms with Crippen LogP contribution in [0.4, 0.5) is 5.69 Å². The van der Waals surface area contributed by atoms with E-state index in [0.29, 0.717) is 51.1 Å². The number of ether oxygens (including phenoxy) is 4. The lowest BCUT2D eigenvalue weighted by Gasteiger charge is -2.33. The maximum Gasteiger partial charge on any atom is 0.163 e. The average molecular weight is 348 g/mol. The summed E-state index contributed by atoms with van der Waals surface area (Å²) < 4.78 is 22.7. The van der Waals surface area contributed by atoms with E-state index in [2.05, 4.69) is 24.8 Å². The van der Waals surface area contributed by atoms with Gasteiger partial charge in [-0.05, 0) is 39.3 Å². The summed E-state index contributed by atoms with van der Waals surface area (Å²) in [7, 11) is 0. The molecule has 138 valence electrons. The molecule has 0 radical (unpaired) electrons. The molecule has 0 amide bonds. The highest BCUT2D eigenvalue weighted by Crippen LogP contribution is 2.36. The number of anilines is 1. The highest BCUT2D eigenvalue weighted by atomic mass is 16.6. The predicted molar refractivity (Wildman–Crippen MR) is 96.5 cm³/mol. The third kappa shape index (κ3) is 5.25. The summed E-state index contributed by atoms with van der Waals surface area (Å²) in [5.41, 5.74) is 2.03. The van der Waals surface area contributed by atoms with E-state index < -0.39 is 0 Å². The first-order valence-corrected chi connectivity index (χ1v) is 8.78. The Balaban J connectivity index is 2.34. The summed E-state index contributed by atoms with van der Waals surface area (Å²) in [4.78, 5) is 2.09. The molecule has 0 saturated carbocycles. The summed E-state index contributed by atoms with van der Waals surface area (Å²) in [5, 5.41) is 9.38. The van der Waals surface area contributed by atoms with Crippen LogP contribution in [-0.2, 0) is 9.47 Å². The van der Waals surface area contributed by atoms with Gasteiger partial charge in [0, 0.05) is 17.8 Å². The van der Waals surface area contributed by atoms with E-state index in [0.717, 1.165) is 11.3 Å². The van der Waals surface area contributed by atoms with Crippen LogP contribution in [0.5, 0.6) is 11.5 Å². The van der Waals surface area contributed by atoms with Crippen molar-refractivity contribution in [2.75, 3.05) is 44.5 Å². The number of nitriles is 1. The molecule has 1 aromatic carbocycles. The Labute approximate surface area is 150 Å². The third-order valence-corrected chi connectivity index (χ3v) is 4.04. The fourth-order valence-corrected chi connectivity index (χ4v) is 2.89. The molecule has 1 aliphatic heterocycles. The fourth-order valence-electron chi connectivity index (χ4n) is 2.89. The summed E-state index contributed by atoms with van der Waals surface area (Å²) in [6.07, 6.45) is 0. The van der Waals surface area contributed by atoms with Crippen molar-refractivity contribution in [1.29, 1.82) is 5.26 Å². The number of aryl methyl sites for hydroxylation is 1. The first-order valence-electron chi connectivity index (χ1n) is 8.78. The smallest absolute Gasteiger partial charge is 0.163 e. The van der Waals surface area contributed by atoms with Crippen molar-refractivity contribution in [1.82, 2.24) is 0 Å². The molecule has 0 spiro atoms. The first kappa shape index (κ1) is 19.4. The SMILES string of the molecule is Cc1cc2c(cc1N(C(C)C)C(C)C#N)OCCOCCOCCO2. The van der Waals surface area contributed by atoms with E-state index in [-0.39, 0.29) is 12.1 Å². The lowest BCUT2D eigenvalue weighted by molar-refractivity contribution is 0.0223. The van der Waals surface area contributed by atoms with Gasteiger partial charge in [0.05, 0.1) is 32.5 Å². The van der Waals surface area contributed by atoms with Gasteiger partial charge in [-0.2, -0.15) is 5.26 Å². The Bertz CT molecular complexity index is 598. The van der Waals surface area contributed by atoms with E-state index >= 15 is 0 Å². The largest absolute Gasteiger partial charge is 0.487 e. The molecule has 0 fully saturated rings. The Morgan fingerprint density at radius 1 is 0.920 bits per heavy atom. The van der Waals surface area contributed by atoms with Crippen molar-refractivity contribution in [2.45, 2.75) is 39.8 Å². The second-order valence-electron chi connectivity index (χ2n) is 6.31. The molecule has 25 heavy (non-hydrogen) atoms. The Morgan fingerprint density at radius 2 is 1.44 bits per heavy atom. The van der Waals surface area contributed by atoms with E-state index in [1.165, 1.54) is 0 Å². The quantitative estimate of drug-likeness (QED) is 0.837. The summed E-state index contributed by atoms with van der Waals surface area (Å²) in [6.45, 7) is 11.1. The zero-order valence-corrected chi connectivity index (χ0v) is 15.6. The first-order chi connectivity index (χ1) is 12.0. The predicted octanol–water partition coefficient (Wildman–Crippen LogP) is 2.93. The maximum atomic E-state index is 9.38. The van der Waals surface area contributed by atoms with Crippen molar-refractivity contribution >= 4 is 5.69 Å². The van der Waals surface area contributed by atoms with Gasteiger partial charge in [-0.1, -0.05) is 0 Å². The van der Waals surface area contributed by atoms with E-state index in [4.69, 9.17) is 18.9 Å². The molecule has 0 N–H and O–H groups in total. The van der Waals surface area contributed by atoms with Gasteiger partial charge in [0.25, 0.3) is 0 Å². The molecule has 2 rings (SSSR count). The molecule has 1 unspecified atom stereocenters. The van der Waals surface area contributed by atoms with Crippen molar-refractivity contribution in [3.63, 3.8) is 0 Å². The molecule has 1 aromatic rings. The molecular formula is C19H28N2O4. The van der Waals surface area contributed by atoms with Crippen LogP contribution in [0, 0.1) is 18.3 Å². The van der Waals surface area contributed by atoms with Gasteiger partial charge in [-0.3, -0.25) is 0 Å². The van der Waals surface area contributed by atoms with Crippen molar-refractivity contribution in [2.24, 2.45) is 0 Å². The van der Waals surface area contributed by atoms with Crippen LogP contribution in [0.1, 0.15) is 26.3 Å². The summed E-state index contributed by atoms with van der Waals surface area (Å²) in [5.74, 6) is 1.36. The Morgan fingerprint density at radius 3 is 1.96 bits per heavy atom. The lowest BCUT2D eigenvalue weighted by atomic mass is 10.1. The molecule has 0 aliphatic carbocycles. The van der Waals surface area contributed by atoms with Crippen LogP contribution in [-0.4, -0.2) is 51.7 Å². The number of hydrogen-bond acceptors (Lipinski definition) is 6. The minimum Gasteiger partial charge on any atom is -0.487 e. The maximum absolute atomic E-state index is 9.38. The van der Waals surface area contributed by atoms with Crippen LogP contribution in [0.2, 0.25) is 0 Å². The monoisotopic (exact) mass is 348 g/mol. The number of hydrogen-bond donors (Lipinski definition) is 0. The highest BCUT2D eigenvalue weighted by molar-refractivity contribution is 5.63. The molecule has 6 heteroatoms. The summed E-state index contributed by atoms with van der Waals surface area (Å²) >= 11 is 0. The van der Waals surface area contributed by atoms with Gasteiger partial charge >= 0.3 is 0 Å². The molecule has 0 aromatic heterocycles. The Kier molecular flexibility index (Phi) is 7.35. The number of rotatable bonds is 3. The molecule has 1 heterocycles. The number of fused-ring (bicyclic) bond motifs is 1. The number of benzene rings is 1. The van der Waals surface area contributed by atoms with Crippen molar-refractivity contribution in [3.8, 4) is 17.6 Å². The van der Waals surface area contributed by atoms with Gasteiger partial charge in [-0.25, -0.2) is 0 Å². The van der Waals surface area contributed by atoms with Gasteiger partial charge in [0.2, 0.25) is 0 Å². The topological polar surface area (TPSA) is 64.0 Å². The molecule has 0 saturated heterocycles. The van der Waals surface area contributed by atoms with Crippen LogP contribution < -0.4 is 14.4 Å². The molecule has 1 atom stereocenters. The average Bonchev–Trinajstić information content (AvgIpc) is 2.57. The highest BCUT2D eigenvalue weighted by Gasteiger charge is 2.22. The van der Waals surface area contributed by atoms with Gasteiger partial charge in [-0.15, -0.1) is 0 Å². The molecule has 1 aliphatic rings. The van der Waals surface area contributed by atoms with Crippen molar-refractivity contribution < 1.29 is 18.9 Å². The third-order valence-electron chi connectivity index (χ3n) is 4.04. The van der Waals surface area contributed by atoms with E-state index in [1.807, 2.05) is 26.0 Å². The van der Waals surface area contributed by atoms with Gasteiger partial charge in [0.15, 0.2) is 11.5 Å². The van der Waals surface area contributed by atoms with E-state index in [9.17, 15) is 5.26 Å². The number of nitrogens with zero attached hydrogens (tertiary/aromatic N) is 2. The minimum atomic E-state index is -0.236. The lowest BCUT2D eigenvalue weighted by Crippen LogP contribution is -2.38. The fraction of sp³-hybridized carbons (Fsp3) is 0.632. The van der Waals surface area contributed by atoms with Crippen LogP contribution in [0.15, 0.2) is 12.1 Å². The molecule has 6 nitrogen and oxygen atoms in total. The minimum absolute atomic E-state index is 0.190. The van der Waals surface area contributed by atoms with Crippen molar-refractivity contribution in [3.05, 3.63) is 17.7 Å². The summed E-state index contributed by atoms with van der Waals surface area (Å²) in [6, 6.07) is 6.21. The second-order valence-corrected chi connectivity index (χ2v) is 6.31. The normalized spacial score (nSPS) is 17.1. The van der Waals surface area contributed by atoms with Crippen LogP contribution >= 0.6 is 0 Å². The van der Waals surface area contributed by atoms with Crippen LogP contribution in [0.25, 0.3) is 0 Å². The second kappa shape index (κ2) is 9.50. The zero-order valence-electron chi connectivity index (χ0n) is 15.6. The van der Waals surface area contributed by atoms with Gasteiger partial charge < -0.3 is 23.8 Å². The molecular weight excluding hydrogens is 320 g/mol. The standard InChI is InChI=1S/C19H28N2O4/c1-14(2)21(16(4)13-20)17-12-19-18(11-15(17)3)24-9-7-22-5-6-23-8-10-25-19/h11-12,14,16H,5-10H2,1-4H3. The zero-order chi connectivity index (χ0) is 18.2.